The van der Waals surface area contributed by atoms with E-state index in [1.807, 2.05) is 0 Å². The van der Waals surface area contributed by atoms with Gasteiger partial charge in [-0.25, -0.2) is 0 Å². The molecule has 0 saturated heterocycles. The van der Waals surface area contributed by atoms with Crippen molar-refractivity contribution < 1.29 is 22.7 Å². The molecule has 0 amide bonds. The molecule has 1 rings (SSSR count). The number of Topliss-reactive ketones (excluding diaryl/α,β-unsaturated/α-hetero) is 1. The maximum atomic E-state index is 11.7. The lowest BCUT2D eigenvalue weighted by Gasteiger charge is -2.07. The Labute approximate surface area is 90.2 Å². The zero-order chi connectivity index (χ0) is 12.2. The van der Waals surface area contributed by atoms with E-state index in [0.717, 1.165) is 0 Å². The highest BCUT2D eigenvalue weighted by atomic mass is 19.4. The van der Waals surface area contributed by atoms with Crippen molar-refractivity contribution in [3.63, 3.8) is 0 Å². The van der Waals surface area contributed by atoms with Crippen molar-refractivity contribution in [3.8, 4) is 0 Å². The van der Waals surface area contributed by atoms with Gasteiger partial charge in [-0.1, -0.05) is 0 Å². The number of pyridine rings is 1. The Bertz CT molecular complexity index is 377. The number of halogens is 3. The zero-order valence-corrected chi connectivity index (χ0v) is 8.54. The van der Waals surface area contributed by atoms with Crippen LogP contribution < -0.4 is 0 Å². The minimum atomic E-state index is -4.41. The highest BCUT2D eigenvalue weighted by molar-refractivity contribution is 5.98. The van der Waals surface area contributed by atoms with Crippen LogP contribution in [0, 0.1) is 6.92 Å². The van der Waals surface area contributed by atoms with Gasteiger partial charge < -0.3 is 4.74 Å². The van der Waals surface area contributed by atoms with Gasteiger partial charge in [0.15, 0.2) is 5.78 Å². The summed E-state index contributed by atoms with van der Waals surface area (Å²) in [5, 5.41) is 0. The van der Waals surface area contributed by atoms with Gasteiger partial charge in [-0.15, -0.1) is 0 Å². The van der Waals surface area contributed by atoms with Crippen LogP contribution in [-0.4, -0.2) is 30.2 Å². The van der Waals surface area contributed by atoms with Gasteiger partial charge >= 0.3 is 6.18 Å². The minimum Gasteiger partial charge on any atom is -0.364 e. The van der Waals surface area contributed by atoms with Crippen LogP contribution in [0.25, 0.3) is 0 Å². The molecule has 3 nitrogen and oxygen atoms in total. The van der Waals surface area contributed by atoms with Crippen LogP contribution in [-0.2, 0) is 4.74 Å². The van der Waals surface area contributed by atoms with Gasteiger partial charge in [0.2, 0.25) is 0 Å². The van der Waals surface area contributed by atoms with Gasteiger partial charge in [-0.2, -0.15) is 13.2 Å². The Morgan fingerprint density at radius 3 is 2.75 bits per heavy atom. The van der Waals surface area contributed by atoms with E-state index in [1.54, 1.807) is 13.0 Å². The number of carbonyl (C=O) groups excluding carboxylic acids is 1. The number of ketones is 1. The molecule has 0 saturated carbocycles. The average Bonchev–Trinajstić information content (AvgIpc) is 2.16. The largest absolute Gasteiger partial charge is 0.411 e. The SMILES string of the molecule is Cc1ccncc1C(=O)COCC(F)(F)F. The van der Waals surface area contributed by atoms with Gasteiger partial charge in [-0.05, 0) is 18.6 Å². The predicted molar refractivity (Wildman–Crippen MR) is 50.2 cm³/mol. The lowest BCUT2D eigenvalue weighted by molar-refractivity contribution is -0.170. The topological polar surface area (TPSA) is 39.2 Å². The molecule has 0 aliphatic carbocycles. The molecule has 0 aromatic carbocycles. The molecule has 88 valence electrons. The van der Waals surface area contributed by atoms with Gasteiger partial charge in [0.1, 0.15) is 13.2 Å². The molecular weight excluding hydrogens is 223 g/mol. The summed E-state index contributed by atoms with van der Waals surface area (Å²) in [5.74, 6) is -0.505. The Balaban J connectivity index is 2.51. The number of nitrogens with zero attached hydrogens (tertiary/aromatic N) is 1. The standard InChI is InChI=1S/C10H10F3NO2/c1-7-2-3-14-4-8(7)9(15)5-16-6-10(11,12)13/h2-4H,5-6H2,1H3. The van der Waals surface area contributed by atoms with E-state index in [-0.39, 0.29) is 5.56 Å². The first kappa shape index (κ1) is 12.6. The van der Waals surface area contributed by atoms with Gasteiger partial charge in [-0.3, -0.25) is 9.78 Å². The van der Waals surface area contributed by atoms with Crippen molar-refractivity contribution in [1.82, 2.24) is 4.98 Å². The Morgan fingerprint density at radius 1 is 1.50 bits per heavy atom. The molecule has 0 unspecified atom stereocenters. The molecule has 1 aromatic rings. The molecule has 1 heterocycles. The highest BCUT2D eigenvalue weighted by Crippen LogP contribution is 2.14. The second-order valence-corrected chi connectivity index (χ2v) is 3.22. The maximum Gasteiger partial charge on any atom is 0.411 e. The summed E-state index contributed by atoms with van der Waals surface area (Å²) >= 11 is 0. The predicted octanol–water partition coefficient (Wildman–Crippen LogP) is 2.15. The van der Waals surface area contributed by atoms with Crippen molar-refractivity contribution in [3.05, 3.63) is 29.6 Å². The molecule has 6 heteroatoms. The Morgan fingerprint density at radius 2 is 2.19 bits per heavy atom. The fourth-order valence-corrected chi connectivity index (χ4v) is 1.09. The Hall–Kier alpha value is -1.43. The number of aryl methyl sites for hydroxylation is 1. The Kier molecular flexibility index (Phi) is 4.00. The number of aromatic nitrogens is 1. The van der Waals surface area contributed by atoms with Crippen LogP contribution in [0.4, 0.5) is 13.2 Å². The van der Waals surface area contributed by atoms with Crippen LogP contribution >= 0.6 is 0 Å². The highest BCUT2D eigenvalue weighted by Gasteiger charge is 2.27. The summed E-state index contributed by atoms with van der Waals surface area (Å²) in [7, 11) is 0. The van der Waals surface area contributed by atoms with E-state index < -0.39 is 25.2 Å². The molecule has 0 atom stereocenters. The number of alkyl halides is 3. The number of hydrogen-bond donors (Lipinski definition) is 0. The third-order valence-corrected chi connectivity index (χ3v) is 1.84. The van der Waals surface area contributed by atoms with E-state index >= 15 is 0 Å². The summed E-state index contributed by atoms with van der Waals surface area (Å²) in [4.78, 5) is 15.1. The molecule has 0 bridgehead atoms. The van der Waals surface area contributed by atoms with Crippen molar-refractivity contribution in [2.24, 2.45) is 0 Å². The van der Waals surface area contributed by atoms with E-state index in [1.165, 1.54) is 12.4 Å². The molecule has 0 aliphatic heterocycles. The number of carbonyl (C=O) groups is 1. The maximum absolute atomic E-state index is 11.7. The summed E-state index contributed by atoms with van der Waals surface area (Å²) < 4.78 is 39.5. The van der Waals surface area contributed by atoms with Crippen molar-refractivity contribution in [2.75, 3.05) is 13.2 Å². The first-order valence-corrected chi connectivity index (χ1v) is 4.48. The molecule has 0 N–H and O–H groups in total. The molecule has 0 fully saturated rings. The first-order chi connectivity index (χ1) is 7.40. The van der Waals surface area contributed by atoms with Crippen LogP contribution in [0.3, 0.4) is 0 Å². The van der Waals surface area contributed by atoms with E-state index in [9.17, 15) is 18.0 Å². The van der Waals surface area contributed by atoms with Gasteiger partial charge in [0, 0.05) is 18.0 Å². The molecule has 1 aromatic heterocycles. The van der Waals surface area contributed by atoms with Crippen LogP contribution in [0.1, 0.15) is 15.9 Å². The second kappa shape index (κ2) is 5.07. The fourth-order valence-electron chi connectivity index (χ4n) is 1.09. The van der Waals surface area contributed by atoms with Crippen molar-refractivity contribution in [2.45, 2.75) is 13.1 Å². The summed E-state index contributed by atoms with van der Waals surface area (Å²) in [6, 6.07) is 1.61. The minimum absolute atomic E-state index is 0.282. The van der Waals surface area contributed by atoms with E-state index in [2.05, 4.69) is 9.72 Å². The monoisotopic (exact) mass is 233 g/mol. The third kappa shape index (κ3) is 3.98. The molecule has 0 spiro atoms. The summed E-state index contributed by atoms with van der Waals surface area (Å²) in [6.45, 7) is -0.331. The molecule has 0 radical (unpaired) electrons. The first-order valence-electron chi connectivity index (χ1n) is 4.48. The van der Waals surface area contributed by atoms with Crippen LogP contribution in [0.2, 0.25) is 0 Å². The lowest BCUT2D eigenvalue weighted by Crippen LogP contribution is -2.20. The van der Waals surface area contributed by atoms with Crippen LogP contribution in [0.15, 0.2) is 18.5 Å². The summed E-state index contributed by atoms with van der Waals surface area (Å²) in [5.41, 5.74) is 0.945. The van der Waals surface area contributed by atoms with Gasteiger partial charge in [0.25, 0.3) is 0 Å². The fraction of sp³-hybridized carbons (Fsp3) is 0.400. The summed E-state index contributed by atoms with van der Waals surface area (Å²) in [6.07, 6.45) is -1.60. The second-order valence-electron chi connectivity index (χ2n) is 3.22. The van der Waals surface area contributed by atoms with Crippen LogP contribution in [0.5, 0.6) is 0 Å². The molecule has 16 heavy (non-hydrogen) atoms. The quantitative estimate of drug-likeness (QED) is 0.748. The smallest absolute Gasteiger partial charge is 0.364 e. The molecule has 0 aliphatic rings. The molecular formula is C10H10F3NO2. The van der Waals surface area contributed by atoms with Gasteiger partial charge in [0.05, 0.1) is 0 Å². The van der Waals surface area contributed by atoms with E-state index in [4.69, 9.17) is 0 Å². The number of hydrogen-bond acceptors (Lipinski definition) is 3. The number of rotatable bonds is 4. The van der Waals surface area contributed by atoms with Crippen molar-refractivity contribution >= 4 is 5.78 Å². The van der Waals surface area contributed by atoms with E-state index in [0.29, 0.717) is 5.56 Å². The van der Waals surface area contributed by atoms with Crippen molar-refractivity contribution in [1.29, 1.82) is 0 Å². The average molecular weight is 233 g/mol. The normalized spacial score (nSPS) is 11.5. The third-order valence-electron chi connectivity index (χ3n) is 1.84. The zero-order valence-electron chi connectivity index (χ0n) is 8.54. The number of ether oxygens (including phenoxy) is 1. The lowest BCUT2D eigenvalue weighted by atomic mass is 10.1.